The Morgan fingerprint density at radius 1 is 1.42 bits per heavy atom. The summed E-state index contributed by atoms with van der Waals surface area (Å²) >= 11 is 0. The van der Waals surface area contributed by atoms with Gasteiger partial charge in [0.05, 0.1) is 18.5 Å². The molecule has 7 nitrogen and oxygen atoms in total. The fourth-order valence-electron chi connectivity index (χ4n) is 1.60. The number of nitrogens with one attached hydrogen (secondary N) is 2. The topological polar surface area (TPSA) is 108 Å². The van der Waals surface area contributed by atoms with Crippen molar-refractivity contribution in [2.24, 2.45) is 0 Å². The number of anilines is 1. The number of sulfonamides is 1. The number of nitrogens with zero attached hydrogens (tertiary/aromatic N) is 2. The van der Waals surface area contributed by atoms with Gasteiger partial charge in [-0.3, -0.25) is 14.8 Å². The summed E-state index contributed by atoms with van der Waals surface area (Å²) in [6, 6.07) is 1.70. The van der Waals surface area contributed by atoms with Crippen LogP contribution in [0.4, 0.5) is 5.69 Å². The van der Waals surface area contributed by atoms with E-state index in [4.69, 9.17) is 0 Å². The van der Waals surface area contributed by atoms with E-state index >= 15 is 0 Å². The maximum atomic E-state index is 12.2. The van der Waals surface area contributed by atoms with Crippen molar-refractivity contribution in [3.8, 4) is 0 Å². The van der Waals surface area contributed by atoms with Crippen molar-refractivity contribution >= 4 is 15.7 Å². The molecule has 0 spiro atoms. The smallest absolute Gasteiger partial charge is 0.281 e. The van der Waals surface area contributed by atoms with E-state index < -0.39 is 16.6 Å². The molecule has 2 aromatic heterocycles. The Hall–Kier alpha value is -1.93. The first-order chi connectivity index (χ1) is 8.95. The molecular weight excluding hydrogens is 268 g/mol. The molecule has 102 valence electrons. The van der Waals surface area contributed by atoms with Crippen LogP contribution in [0, 0.1) is 13.8 Å². The second kappa shape index (κ2) is 4.98. The fourth-order valence-corrected chi connectivity index (χ4v) is 2.91. The van der Waals surface area contributed by atoms with Gasteiger partial charge in [-0.15, -0.1) is 0 Å². The number of aromatic amines is 1. The van der Waals surface area contributed by atoms with Crippen LogP contribution in [0.15, 0.2) is 23.5 Å². The molecule has 0 aliphatic carbocycles. The van der Waals surface area contributed by atoms with E-state index in [-0.39, 0.29) is 10.6 Å². The molecule has 2 aromatic rings. The second-order valence-electron chi connectivity index (χ2n) is 4.09. The summed E-state index contributed by atoms with van der Waals surface area (Å²) in [5.41, 5.74) is 1.91. The number of aryl methyl sites for hydroxylation is 2. The van der Waals surface area contributed by atoms with Crippen LogP contribution in [-0.4, -0.2) is 28.7 Å². The third kappa shape index (κ3) is 2.59. The monoisotopic (exact) mass is 282 g/mol. The van der Waals surface area contributed by atoms with Crippen molar-refractivity contribution in [2.45, 2.75) is 25.5 Å². The highest BCUT2D eigenvalue weighted by molar-refractivity contribution is 7.92. The van der Waals surface area contributed by atoms with Gasteiger partial charge in [0.15, 0.2) is 0 Å². The fraction of sp³-hybridized carbons (Fsp3) is 0.273. The molecule has 0 aliphatic heterocycles. The average molecular weight is 282 g/mol. The summed E-state index contributed by atoms with van der Waals surface area (Å²) in [6.45, 7) is 3.01. The molecular formula is C11H14N4O3S. The molecule has 19 heavy (non-hydrogen) atoms. The molecule has 0 unspecified atom stereocenters. The Balaban J connectivity index is 2.41. The van der Waals surface area contributed by atoms with E-state index in [1.165, 1.54) is 6.20 Å². The molecule has 0 saturated carbocycles. The Morgan fingerprint density at radius 2 is 2.16 bits per heavy atom. The van der Waals surface area contributed by atoms with Gasteiger partial charge in [0.2, 0.25) is 5.03 Å². The minimum absolute atomic E-state index is 0.198. The number of aliphatic hydroxyl groups is 1. The van der Waals surface area contributed by atoms with E-state index in [2.05, 4.69) is 19.9 Å². The van der Waals surface area contributed by atoms with Gasteiger partial charge in [0.25, 0.3) is 10.0 Å². The highest BCUT2D eigenvalue weighted by Crippen LogP contribution is 2.21. The Kier molecular flexibility index (Phi) is 3.54. The van der Waals surface area contributed by atoms with Crippen LogP contribution >= 0.6 is 0 Å². The summed E-state index contributed by atoms with van der Waals surface area (Å²) in [6.07, 6.45) is 3.00. The molecule has 8 heteroatoms. The molecule has 0 aromatic carbocycles. The molecule has 2 rings (SSSR count). The minimum Gasteiger partial charge on any atom is -0.392 e. The van der Waals surface area contributed by atoms with Gasteiger partial charge in [-0.1, -0.05) is 0 Å². The maximum Gasteiger partial charge on any atom is 0.281 e. The Labute approximate surface area is 110 Å². The zero-order valence-electron chi connectivity index (χ0n) is 10.5. The molecule has 3 N–H and O–H groups in total. The number of rotatable bonds is 4. The normalized spacial score (nSPS) is 11.5. The van der Waals surface area contributed by atoms with Crippen LogP contribution in [0.5, 0.6) is 0 Å². The van der Waals surface area contributed by atoms with E-state index in [1.807, 2.05) is 0 Å². The molecule has 0 atom stereocenters. The van der Waals surface area contributed by atoms with Crippen LogP contribution < -0.4 is 4.72 Å². The summed E-state index contributed by atoms with van der Waals surface area (Å²) in [4.78, 5) is 3.87. The summed E-state index contributed by atoms with van der Waals surface area (Å²) in [5, 5.41) is 15.3. The molecule has 0 saturated heterocycles. The second-order valence-corrected chi connectivity index (χ2v) is 5.68. The zero-order valence-corrected chi connectivity index (χ0v) is 11.3. The molecule has 0 aliphatic rings. The van der Waals surface area contributed by atoms with Crippen LogP contribution in [0.25, 0.3) is 0 Å². The highest BCUT2D eigenvalue weighted by atomic mass is 32.2. The number of H-pyrrole nitrogens is 1. The lowest BCUT2D eigenvalue weighted by atomic mass is 10.3. The maximum absolute atomic E-state index is 12.2. The molecule has 2 heterocycles. The summed E-state index contributed by atoms with van der Waals surface area (Å²) < 4.78 is 26.8. The SMILES string of the molecule is Cc1ccncc1NS(=O)(=O)c1n[nH]c(C)c1CO. The van der Waals surface area contributed by atoms with E-state index in [0.717, 1.165) is 5.56 Å². The first-order valence-corrected chi connectivity index (χ1v) is 7.02. The zero-order chi connectivity index (χ0) is 14.0. The quantitative estimate of drug-likeness (QED) is 0.765. The van der Waals surface area contributed by atoms with Crippen molar-refractivity contribution in [2.75, 3.05) is 4.72 Å². The largest absolute Gasteiger partial charge is 0.392 e. The van der Waals surface area contributed by atoms with Gasteiger partial charge in [-0.25, -0.2) is 0 Å². The Morgan fingerprint density at radius 3 is 2.79 bits per heavy atom. The molecule has 0 radical (unpaired) electrons. The molecule has 0 amide bonds. The van der Waals surface area contributed by atoms with E-state index in [1.54, 1.807) is 26.1 Å². The number of aromatic nitrogens is 3. The van der Waals surface area contributed by atoms with E-state index in [0.29, 0.717) is 11.4 Å². The van der Waals surface area contributed by atoms with Crippen LogP contribution in [0.2, 0.25) is 0 Å². The van der Waals surface area contributed by atoms with Crippen molar-refractivity contribution in [1.82, 2.24) is 15.2 Å². The third-order valence-electron chi connectivity index (χ3n) is 2.73. The van der Waals surface area contributed by atoms with Crippen LogP contribution in [-0.2, 0) is 16.6 Å². The van der Waals surface area contributed by atoms with Crippen molar-refractivity contribution in [3.63, 3.8) is 0 Å². The lowest BCUT2D eigenvalue weighted by Crippen LogP contribution is -2.16. The average Bonchev–Trinajstić information content (AvgIpc) is 2.74. The van der Waals surface area contributed by atoms with Gasteiger partial charge in [0.1, 0.15) is 0 Å². The first kappa shape index (κ1) is 13.5. The predicted molar refractivity (Wildman–Crippen MR) is 69.0 cm³/mol. The van der Waals surface area contributed by atoms with Crippen LogP contribution in [0.1, 0.15) is 16.8 Å². The van der Waals surface area contributed by atoms with Gasteiger partial charge < -0.3 is 5.11 Å². The van der Waals surface area contributed by atoms with Gasteiger partial charge in [-0.2, -0.15) is 13.5 Å². The standard InChI is InChI=1S/C11H14N4O3S/c1-7-3-4-12-5-10(7)15-19(17,18)11-9(6-16)8(2)13-14-11/h3-5,15-16H,6H2,1-2H3,(H,13,14). The van der Waals surface area contributed by atoms with Gasteiger partial charge in [0, 0.05) is 17.5 Å². The Bertz CT molecular complexity index is 694. The number of aliphatic hydroxyl groups excluding tert-OH is 1. The molecule has 0 fully saturated rings. The minimum atomic E-state index is -3.85. The van der Waals surface area contributed by atoms with Crippen molar-refractivity contribution < 1.29 is 13.5 Å². The summed E-state index contributed by atoms with van der Waals surface area (Å²) in [5.74, 6) is 0. The van der Waals surface area contributed by atoms with Crippen molar-refractivity contribution in [3.05, 3.63) is 35.3 Å². The van der Waals surface area contributed by atoms with E-state index in [9.17, 15) is 13.5 Å². The molecule has 0 bridgehead atoms. The number of hydrogen-bond donors (Lipinski definition) is 3. The first-order valence-electron chi connectivity index (χ1n) is 5.54. The third-order valence-corrected chi connectivity index (χ3v) is 4.07. The number of hydrogen-bond acceptors (Lipinski definition) is 5. The van der Waals surface area contributed by atoms with Crippen molar-refractivity contribution in [1.29, 1.82) is 0 Å². The van der Waals surface area contributed by atoms with Gasteiger partial charge in [-0.05, 0) is 25.5 Å². The lowest BCUT2D eigenvalue weighted by Gasteiger charge is -2.08. The lowest BCUT2D eigenvalue weighted by molar-refractivity contribution is 0.277. The summed E-state index contributed by atoms with van der Waals surface area (Å²) in [7, 11) is -3.85. The van der Waals surface area contributed by atoms with Gasteiger partial charge >= 0.3 is 0 Å². The number of pyridine rings is 1. The van der Waals surface area contributed by atoms with Crippen LogP contribution in [0.3, 0.4) is 0 Å². The highest BCUT2D eigenvalue weighted by Gasteiger charge is 2.24. The predicted octanol–water partition coefficient (Wildman–Crippen LogP) is 0.715.